The SMILES string of the molecule is CC1(C)O[C@@H]2[C@H](O1)[C@@H](CO[Si](C)(C)C(C)(C)C)O[C@H]2C1=CCC=C1. The molecule has 0 amide bonds. The van der Waals surface area contributed by atoms with Gasteiger partial charge in [0.2, 0.25) is 0 Å². The Bertz CT molecular complexity index is 544. The van der Waals surface area contributed by atoms with Gasteiger partial charge in [0, 0.05) is 0 Å². The minimum absolute atomic E-state index is 0.0523. The second-order valence-corrected chi connectivity index (χ2v) is 13.9. The Hall–Kier alpha value is -0.463. The van der Waals surface area contributed by atoms with Crippen LogP contribution >= 0.6 is 0 Å². The highest BCUT2D eigenvalue weighted by Crippen LogP contribution is 2.43. The van der Waals surface area contributed by atoms with Crippen molar-refractivity contribution < 1.29 is 18.6 Å². The van der Waals surface area contributed by atoms with E-state index in [0.717, 1.165) is 6.42 Å². The molecule has 0 unspecified atom stereocenters. The highest BCUT2D eigenvalue weighted by atomic mass is 28.4. The number of hydrogen-bond acceptors (Lipinski definition) is 4. The van der Waals surface area contributed by atoms with E-state index in [1.807, 2.05) is 13.8 Å². The van der Waals surface area contributed by atoms with Crippen LogP contribution in [0.15, 0.2) is 23.8 Å². The van der Waals surface area contributed by atoms with Crippen molar-refractivity contribution in [2.24, 2.45) is 0 Å². The molecule has 2 aliphatic heterocycles. The maximum atomic E-state index is 6.41. The second kappa shape index (κ2) is 6.06. The number of rotatable bonds is 4. The maximum Gasteiger partial charge on any atom is 0.192 e. The summed E-state index contributed by atoms with van der Waals surface area (Å²) in [7, 11) is -1.81. The molecule has 5 heteroatoms. The molecule has 4 nitrogen and oxygen atoms in total. The zero-order valence-corrected chi connectivity index (χ0v) is 17.1. The van der Waals surface area contributed by atoms with Crippen molar-refractivity contribution in [1.82, 2.24) is 0 Å². The summed E-state index contributed by atoms with van der Waals surface area (Å²) in [5.74, 6) is -0.560. The van der Waals surface area contributed by atoms with E-state index in [9.17, 15) is 0 Å². The number of allylic oxidation sites excluding steroid dienone is 2. The Morgan fingerprint density at radius 2 is 1.88 bits per heavy atom. The molecule has 24 heavy (non-hydrogen) atoms. The Morgan fingerprint density at radius 1 is 1.21 bits per heavy atom. The molecule has 0 aromatic heterocycles. The molecule has 0 saturated carbocycles. The number of ether oxygens (including phenoxy) is 3. The summed E-state index contributed by atoms with van der Waals surface area (Å²) in [6.45, 7) is 15.8. The van der Waals surface area contributed by atoms with E-state index in [1.54, 1.807) is 0 Å². The van der Waals surface area contributed by atoms with E-state index in [2.05, 4.69) is 52.1 Å². The van der Waals surface area contributed by atoms with Crippen molar-refractivity contribution in [1.29, 1.82) is 0 Å². The fourth-order valence-electron chi connectivity index (χ4n) is 3.28. The summed E-state index contributed by atoms with van der Waals surface area (Å²) in [6.07, 6.45) is 7.25. The molecule has 0 aromatic rings. The van der Waals surface area contributed by atoms with Crippen LogP contribution in [0.1, 0.15) is 41.0 Å². The number of hydrogen-bond donors (Lipinski definition) is 0. The molecule has 2 fully saturated rings. The minimum Gasteiger partial charge on any atom is -0.414 e. The van der Waals surface area contributed by atoms with Crippen LogP contribution in [-0.2, 0) is 18.6 Å². The van der Waals surface area contributed by atoms with Crippen molar-refractivity contribution >= 4 is 8.32 Å². The Kier molecular flexibility index (Phi) is 4.63. The zero-order chi connectivity index (χ0) is 17.8. The van der Waals surface area contributed by atoms with Gasteiger partial charge in [0.25, 0.3) is 0 Å². The molecule has 0 bridgehead atoms. The largest absolute Gasteiger partial charge is 0.414 e. The summed E-state index contributed by atoms with van der Waals surface area (Å²) in [5.41, 5.74) is 1.21. The van der Waals surface area contributed by atoms with E-state index in [4.69, 9.17) is 18.6 Å². The fourth-order valence-corrected chi connectivity index (χ4v) is 4.29. The summed E-state index contributed by atoms with van der Waals surface area (Å²) < 4.78 is 25.1. The van der Waals surface area contributed by atoms with Gasteiger partial charge in [0.15, 0.2) is 14.1 Å². The lowest BCUT2D eigenvalue weighted by Gasteiger charge is -2.37. The van der Waals surface area contributed by atoms with E-state index in [0.29, 0.717) is 6.61 Å². The van der Waals surface area contributed by atoms with Gasteiger partial charge in [-0.3, -0.25) is 0 Å². The summed E-state index contributed by atoms with van der Waals surface area (Å²) in [4.78, 5) is 0. The molecule has 4 atom stereocenters. The smallest absolute Gasteiger partial charge is 0.192 e. The average Bonchev–Trinajstić information content (AvgIpc) is 3.10. The van der Waals surface area contributed by atoms with Crippen LogP contribution < -0.4 is 0 Å². The molecule has 1 aliphatic carbocycles. The molecule has 2 heterocycles. The van der Waals surface area contributed by atoms with Gasteiger partial charge in [0.1, 0.15) is 24.4 Å². The van der Waals surface area contributed by atoms with E-state index in [1.165, 1.54) is 5.57 Å². The third-order valence-corrected chi connectivity index (χ3v) is 10.2. The third-order valence-electron chi connectivity index (χ3n) is 5.69. The molecule has 2 saturated heterocycles. The standard InChI is InChI=1S/C19H32O4Si/c1-18(2,3)24(6,7)20-12-14-16-17(23-19(4,5)22-16)15(21-14)13-10-8-9-11-13/h8,10-11,14-17H,9,12H2,1-7H3/t14-,15+,16-,17+/m1/s1. The zero-order valence-electron chi connectivity index (χ0n) is 16.1. The molecule has 0 aromatic carbocycles. The van der Waals surface area contributed by atoms with Crippen LogP contribution in [0.2, 0.25) is 18.1 Å². The minimum atomic E-state index is -1.81. The highest BCUT2D eigenvalue weighted by molar-refractivity contribution is 6.74. The molecular formula is C19H32O4Si. The van der Waals surface area contributed by atoms with E-state index < -0.39 is 14.1 Å². The van der Waals surface area contributed by atoms with Crippen LogP contribution in [0.5, 0.6) is 0 Å². The molecule has 0 radical (unpaired) electrons. The maximum absolute atomic E-state index is 6.41. The normalized spacial score (nSPS) is 35.4. The van der Waals surface area contributed by atoms with Crippen LogP contribution in [0.25, 0.3) is 0 Å². The van der Waals surface area contributed by atoms with E-state index in [-0.39, 0.29) is 29.5 Å². The molecule has 3 rings (SSSR count). The van der Waals surface area contributed by atoms with Crippen molar-refractivity contribution in [3.63, 3.8) is 0 Å². The molecule has 136 valence electrons. The number of fused-ring (bicyclic) bond motifs is 1. The van der Waals surface area contributed by atoms with Gasteiger partial charge in [-0.1, -0.05) is 39.0 Å². The summed E-state index contributed by atoms with van der Waals surface area (Å²) in [6, 6.07) is 0. The first-order valence-electron chi connectivity index (χ1n) is 9.02. The first-order chi connectivity index (χ1) is 11.0. The monoisotopic (exact) mass is 352 g/mol. The molecular weight excluding hydrogens is 320 g/mol. The van der Waals surface area contributed by atoms with Gasteiger partial charge >= 0.3 is 0 Å². The summed E-state index contributed by atoms with van der Waals surface area (Å²) in [5, 5.41) is 0.188. The van der Waals surface area contributed by atoms with Crippen LogP contribution in [0.3, 0.4) is 0 Å². The Morgan fingerprint density at radius 3 is 2.46 bits per heavy atom. The van der Waals surface area contributed by atoms with Crippen molar-refractivity contribution in [2.75, 3.05) is 6.61 Å². The van der Waals surface area contributed by atoms with Crippen LogP contribution in [0, 0.1) is 0 Å². The first kappa shape index (κ1) is 18.3. The molecule has 3 aliphatic rings. The van der Waals surface area contributed by atoms with E-state index >= 15 is 0 Å². The quantitative estimate of drug-likeness (QED) is 0.711. The first-order valence-corrected chi connectivity index (χ1v) is 11.9. The van der Waals surface area contributed by atoms with Gasteiger partial charge in [-0.15, -0.1) is 0 Å². The fraction of sp³-hybridized carbons (Fsp3) is 0.789. The highest BCUT2D eigenvalue weighted by Gasteiger charge is 2.56. The van der Waals surface area contributed by atoms with Crippen molar-refractivity contribution in [3.05, 3.63) is 23.8 Å². The Balaban J connectivity index is 1.73. The van der Waals surface area contributed by atoms with Gasteiger partial charge in [-0.25, -0.2) is 0 Å². The summed E-state index contributed by atoms with van der Waals surface area (Å²) >= 11 is 0. The van der Waals surface area contributed by atoms with Gasteiger partial charge < -0.3 is 18.6 Å². The average molecular weight is 353 g/mol. The second-order valence-electron chi connectivity index (χ2n) is 9.07. The predicted octanol–water partition coefficient (Wildman–Crippen LogP) is 4.18. The van der Waals surface area contributed by atoms with Crippen molar-refractivity contribution in [3.8, 4) is 0 Å². The Labute approximate surface area is 147 Å². The van der Waals surface area contributed by atoms with Gasteiger partial charge in [-0.2, -0.15) is 0 Å². The van der Waals surface area contributed by atoms with Gasteiger partial charge in [0.05, 0.1) is 6.61 Å². The topological polar surface area (TPSA) is 36.9 Å². The van der Waals surface area contributed by atoms with Crippen LogP contribution in [0.4, 0.5) is 0 Å². The third kappa shape index (κ3) is 3.42. The predicted molar refractivity (Wildman–Crippen MR) is 97.5 cm³/mol. The van der Waals surface area contributed by atoms with Gasteiger partial charge in [-0.05, 0) is 44.0 Å². The molecule has 0 N–H and O–H groups in total. The lowest BCUT2D eigenvalue weighted by molar-refractivity contribution is -0.185. The van der Waals surface area contributed by atoms with Crippen LogP contribution in [-0.4, -0.2) is 45.1 Å². The van der Waals surface area contributed by atoms with Crippen molar-refractivity contribution in [2.45, 2.75) is 89.4 Å². The lowest BCUT2D eigenvalue weighted by atomic mass is 10.0. The molecule has 0 spiro atoms. The lowest BCUT2D eigenvalue weighted by Crippen LogP contribution is -2.44.